The average molecular weight is 473 g/mol. The molecule has 1 atom stereocenters. The van der Waals surface area contributed by atoms with Crippen molar-refractivity contribution in [3.63, 3.8) is 0 Å². The summed E-state index contributed by atoms with van der Waals surface area (Å²) in [7, 11) is 1.59. The maximum atomic E-state index is 13.5. The van der Waals surface area contributed by atoms with Gasteiger partial charge < -0.3 is 23.5 Å². The van der Waals surface area contributed by atoms with E-state index in [9.17, 15) is 4.79 Å². The zero-order valence-corrected chi connectivity index (χ0v) is 19.7. The zero-order valence-electron chi connectivity index (χ0n) is 19.7. The number of methoxy groups -OCH3 is 1. The highest BCUT2D eigenvalue weighted by atomic mass is 16.5. The van der Waals surface area contributed by atoms with Crippen molar-refractivity contribution in [3.8, 4) is 11.5 Å². The summed E-state index contributed by atoms with van der Waals surface area (Å²) >= 11 is 0. The summed E-state index contributed by atoms with van der Waals surface area (Å²) in [4.78, 5) is 19.7. The second-order valence-electron chi connectivity index (χ2n) is 8.62. The summed E-state index contributed by atoms with van der Waals surface area (Å²) in [6, 6.07) is 19.0. The van der Waals surface area contributed by atoms with E-state index in [4.69, 9.17) is 18.6 Å². The van der Waals surface area contributed by atoms with E-state index >= 15 is 0 Å². The van der Waals surface area contributed by atoms with Crippen molar-refractivity contribution in [1.82, 2.24) is 9.88 Å². The molecule has 1 amide bonds. The van der Waals surface area contributed by atoms with Crippen molar-refractivity contribution in [1.29, 1.82) is 0 Å². The number of pyridine rings is 1. The van der Waals surface area contributed by atoms with Crippen molar-refractivity contribution in [2.45, 2.75) is 13.0 Å². The van der Waals surface area contributed by atoms with Crippen LogP contribution in [0.4, 0.5) is 0 Å². The number of carbonyl (C=O) groups excluding carboxylic acids is 1. The Morgan fingerprint density at radius 1 is 1.11 bits per heavy atom. The number of furan rings is 1. The van der Waals surface area contributed by atoms with Gasteiger partial charge >= 0.3 is 0 Å². The van der Waals surface area contributed by atoms with Crippen LogP contribution >= 0.6 is 0 Å². The Hall–Kier alpha value is -3.84. The first-order chi connectivity index (χ1) is 17.2. The molecule has 35 heavy (non-hydrogen) atoms. The van der Waals surface area contributed by atoms with Crippen molar-refractivity contribution < 1.29 is 23.4 Å². The molecule has 0 bridgehead atoms. The Kier molecular flexibility index (Phi) is 6.95. The van der Waals surface area contributed by atoms with Gasteiger partial charge in [-0.2, -0.15) is 0 Å². The van der Waals surface area contributed by atoms with E-state index in [1.54, 1.807) is 37.8 Å². The van der Waals surface area contributed by atoms with Crippen LogP contribution in [0.2, 0.25) is 0 Å². The SMILES string of the molecule is COc1ccc(C(=O)N2CCOCC(Cc3cccc4occc34)C2)cc1OCc1ccccn1. The van der Waals surface area contributed by atoms with E-state index in [-0.39, 0.29) is 18.4 Å². The van der Waals surface area contributed by atoms with Crippen molar-refractivity contribution >= 4 is 16.9 Å². The highest BCUT2D eigenvalue weighted by Gasteiger charge is 2.25. The quantitative estimate of drug-likeness (QED) is 0.387. The predicted octanol–water partition coefficient (Wildman–Crippen LogP) is 4.75. The fourth-order valence-corrected chi connectivity index (χ4v) is 4.47. The lowest BCUT2D eigenvalue weighted by molar-refractivity contribution is 0.0736. The number of hydrogen-bond donors (Lipinski definition) is 0. The summed E-state index contributed by atoms with van der Waals surface area (Å²) in [6.07, 6.45) is 4.24. The summed E-state index contributed by atoms with van der Waals surface area (Å²) in [5.74, 6) is 1.22. The molecule has 2 aromatic carbocycles. The first-order valence-electron chi connectivity index (χ1n) is 11.7. The van der Waals surface area contributed by atoms with Gasteiger partial charge in [0.15, 0.2) is 11.5 Å². The van der Waals surface area contributed by atoms with Gasteiger partial charge in [0.25, 0.3) is 5.91 Å². The second-order valence-corrected chi connectivity index (χ2v) is 8.62. The third kappa shape index (κ3) is 5.30. The number of carbonyl (C=O) groups is 1. The molecule has 3 heterocycles. The van der Waals surface area contributed by atoms with Gasteiger partial charge in [0.05, 0.1) is 32.3 Å². The normalized spacial score (nSPS) is 16.1. The molecule has 1 aliphatic heterocycles. The second kappa shape index (κ2) is 10.6. The smallest absolute Gasteiger partial charge is 0.254 e. The number of nitrogens with zero attached hydrogens (tertiary/aromatic N) is 2. The van der Waals surface area contributed by atoms with Gasteiger partial charge in [-0.15, -0.1) is 0 Å². The molecule has 1 aliphatic rings. The van der Waals surface area contributed by atoms with Gasteiger partial charge in [-0.1, -0.05) is 18.2 Å². The zero-order chi connectivity index (χ0) is 24.0. The lowest BCUT2D eigenvalue weighted by Crippen LogP contribution is -2.36. The lowest BCUT2D eigenvalue weighted by Gasteiger charge is -2.24. The number of rotatable bonds is 7. The molecule has 180 valence electrons. The van der Waals surface area contributed by atoms with Crippen molar-refractivity contribution in [2.24, 2.45) is 5.92 Å². The number of benzene rings is 2. The topological polar surface area (TPSA) is 74.0 Å². The molecule has 1 saturated heterocycles. The molecule has 1 unspecified atom stereocenters. The molecule has 0 saturated carbocycles. The van der Waals surface area contributed by atoms with Gasteiger partial charge in [0, 0.05) is 36.2 Å². The molecule has 7 heteroatoms. The van der Waals surface area contributed by atoms with Crippen LogP contribution in [0, 0.1) is 5.92 Å². The Labute approximate surface area is 204 Å². The van der Waals surface area contributed by atoms with Crippen LogP contribution in [-0.4, -0.2) is 49.2 Å². The predicted molar refractivity (Wildman–Crippen MR) is 132 cm³/mol. The number of fused-ring (bicyclic) bond motifs is 1. The number of ether oxygens (including phenoxy) is 3. The third-order valence-electron chi connectivity index (χ3n) is 6.23. The van der Waals surface area contributed by atoms with E-state index < -0.39 is 0 Å². The molecule has 1 fully saturated rings. The number of amides is 1. The standard InChI is InChI=1S/C28H28N2O5/c1-32-26-9-8-22(16-27(26)35-19-23-6-2-3-11-29-23)28(31)30-12-14-33-18-20(17-30)15-21-5-4-7-25-24(21)10-13-34-25/h2-11,13,16,20H,12,14-15,17-19H2,1H3. The van der Waals surface area contributed by atoms with E-state index in [1.807, 2.05) is 41.3 Å². The van der Waals surface area contributed by atoms with Crippen molar-refractivity contribution in [2.75, 3.05) is 33.4 Å². The molecule has 0 radical (unpaired) electrons. The highest BCUT2D eigenvalue weighted by molar-refractivity contribution is 5.95. The highest BCUT2D eigenvalue weighted by Crippen LogP contribution is 2.30. The van der Waals surface area contributed by atoms with Crippen molar-refractivity contribution in [3.05, 3.63) is 89.9 Å². The monoisotopic (exact) mass is 472 g/mol. The largest absolute Gasteiger partial charge is 0.493 e. The molecule has 0 aliphatic carbocycles. The molecule has 0 spiro atoms. The van der Waals surface area contributed by atoms with Crippen LogP contribution in [0.15, 0.2) is 77.5 Å². The molecular weight excluding hydrogens is 444 g/mol. The van der Waals surface area contributed by atoms with E-state index in [0.29, 0.717) is 43.4 Å². The minimum absolute atomic E-state index is 0.0487. The number of hydrogen-bond acceptors (Lipinski definition) is 6. The van der Waals surface area contributed by atoms with Gasteiger partial charge in [0.2, 0.25) is 0 Å². The first-order valence-corrected chi connectivity index (χ1v) is 11.7. The molecule has 7 nitrogen and oxygen atoms in total. The minimum Gasteiger partial charge on any atom is -0.493 e. The van der Waals surface area contributed by atoms with E-state index in [2.05, 4.69) is 11.1 Å². The summed E-state index contributed by atoms with van der Waals surface area (Å²) in [5, 5.41) is 1.11. The van der Waals surface area contributed by atoms with E-state index in [1.165, 1.54) is 5.56 Å². The van der Waals surface area contributed by atoms with Gasteiger partial charge in [0.1, 0.15) is 12.2 Å². The maximum absolute atomic E-state index is 13.5. The maximum Gasteiger partial charge on any atom is 0.254 e. The lowest BCUT2D eigenvalue weighted by atomic mass is 9.97. The third-order valence-corrected chi connectivity index (χ3v) is 6.23. The molecule has 2 aromatic heterocycles. The van der Waals surface area contributed by atoms with Crippen LogP contribution in [0.5, 0.6) is 11.5 Å². The summed E-state index contributed by atoms with van der Waals surface area (Å²) < 4.78 is 22.8. The van der Waals surface area contributed by atoms with Crippen LogP contribution < -0.4 is 9.47 Å². The Morgan fingerprint density at radius 3 is 2.91 bits per heavy atom. The molecular formula is C28H28N2O5. The summed E-state index contributed by atoms with van der Waals surface area (Å²) in [5.41, 5.74) is 3.43. The Morgan fingerprint density at radius 2 is 2.06 bits per heavy atom. The van der Waals surface area contributed by atoms with Gasteiger partial charge in [-0.25, -0.2) is 0 Å². The number of aromatic nitrogens is 1. The Balaban J connectivity index is 1.31. The van der Waals surface area contributed by atoms with E-state index in [0.717, 1.165) is 23.1 Å². The van der Waals surface area contributed by atoms with Crippen LogP contribution in [-0.2, 0) is 17.8 Å². The fourth-order valence-electron chi connectivity index (χ4n) is 4.47. The molecule has 4 aromatic rings. The first kappa shape index (κ1) is 22.9. The average Bonchev–Trinajstić information content (AvgIpc) is 3.27. The fraction of sp³-hybridized carbons (Fsp3) is 0.286. The summed E-state index contributed by atoms with van der Waals surface area (Å²) in [6.45, 7) is 2.56. The molecule has 0 N–H and O–H groups in total. The molecule has 5 rings (SSSR count). The Bertz CT molecular complexity index is 1290. The minimum atomic E-state index is -0.0487. The van der Waals surface area contributed by atoms with Crippen LogP contribution in [0.1, 0.15) is 21.6 Å². The van der Waals surface area contributed by atoms with Crippen LogP contribution in [0.25, 0.3) is 11.0 Å². The van der Waals surface area contributed by atoms with Gasteiger partial charge in [-0.3, -0.25) is 9.78 Å². The van der Waals surface area contributed by atoms with Crippen LogP contribution in [0.3, 0.4) is 0 Å². The van der Waals surface area contributed by atoms with Gasteiger partial charge in [-0.05, 0) is 54.4 Å².